The molecule has 0 aromatic rings. The number of imide groups is 1. The van der Waals surface area contributed by atoms with Gasteiger partial charge in [0, 0.05) is 32.4 Å². The Morgan fingerprint density at radius 2 is 1.41 bits per heavy atom. The summed E-state index contributed by atoms with van der Waals surface area (Å²) in [6, 6.07) is 0. The van der Waals surface area contributed by atoms with Gasteiger partial charge < -0.3 is 15.1 Å². The van der Waals surface area contributed by atoms with E-state index in [9.17, 15) is 24.0 Å². The largest absolute Gasteiger partial charge is 0.481 e. The van der Waals surface area contributed by atoms with Crippen LogP contribution < -0.4 is 0 Å². The molecule has 2 aliphatic rings. The van der Waals surface area contributed by atoms with Crippen LogP contribution in [-0.4, -0.2) is 94.1 Å². The highest BCUT2D eigenvalue weighted by Crippen LogP contribution is 2.19. The zero-order chi connectivity index (χ0) is 21.4. The Balaban J connectivity index is 1.96. The van der Waals surface area contributed by atoms with Gasteiger partial charge in [0.25, 0.3) is 11.8 Å². The number of hydrogen-bond acceptors (Lipinski definition) is 8. The van der Waals surface area contributed by atoms with Gasteiger partial charge in [-0.15, -0.1) is 5.06 Å². The molecule has 162 valence electrons. The van der Waals surface area contributed by atoms with Crippen LogP contribution in [0.1, 0.15) is 38.5 Å². The zero-order valence-corrected chi connectivity index (χ0v) is 16.2. The van der Waals surface area contributed by atoms with Gasteiger partial charge in [0.05, 0.1) is 13.1 Å². The number of rotatable bonds is 8. The number of amides is 2. The Hall–Kier alpha value is -2.53. The number of carboxylic acids is 2. The van der Waals surface area contributed by atoms with Crippen LogP contribution in [0.3, 0.4) is 0 Å². The van der Waals surface area contributed by atoms with Crippen LogP contribution in [0.5, 0.6) is 0 Å². The quantitative estimate of drug-likeness (QED) is 0.502. The second-order valence-corrected chi connectivity index (χ2v) is 7.37. The standard InChI is InChI=1S/C18H27N3O8/c22-14-2-3-15(23)21(14)29-18(28)12-20-8-6-13(1-4-16(24)25)5-7-19(9-10-20)11-17(26)27/h13H,1-12H2,(H,24,25)(H,26,27). The SMILES string of the molecule is O=C(O)CCC1CCN(CC(=O)O)CCN(CC(=O)ON2C(=O)CCC2=O)CC1. The molecule has 1 atom stereocenters. The van der Waals surface area contributed by atoms with Crippen molar-refractivity contribution in [2.45, 2.75) is 38.5 Å². The molecule has 2 N–H and O–H groups in total. The fourth-order valence-electron chi connectivity index (χ4n) is 3.48. The predicted molar refractivity (Wildman–Crippen MR) is 97.3 cm³/mol. The molecule has 1 unspecified atom stereocenters. The first-order chi connectivity index (χ1) is 13.7. The average molecular weight is 413 g/mol. The minimum absolute atomic E-state index is 0.0191. The highest BCUT2D eigenvalue weighted by atomic mass is 16.7. The third-order valence-electron chi connectivity index (χ3n) is 5.12. The van der Waals surface area contributed by atoms with Crippen LogP contribution in [0, 0.1) is 5.92 Å². The highest BCUT2D eigenvalue weighted by molar-refractivity contribution is 6.01. The number of carbonyl (C=O) groups excluding carboxylic acids is 3. The third kappa shape index (κ3) is 7.78. The van der Waals surface area contributed by atoms with Crippen LogP contribution >= 0.6 is 0 Å². The van der Waals surface area contributed by atoms with Crippen LogP contribution in [0.2, 0.25) is 0 Å². The lowest BCUT2D eigenvalue weighted by Gasteiger charge is -2.24. The molecule has 0 aliphatic carbocycles. The Kier molecular flexibility index (Phi) is 8.52. The fraction of sp³-hybridized carbons (Fsp3) is 0.722. The first-order valence-corrected chi connectivity index (χ1v) is 9.69. The molecule has 2 amide bonds. The molecule has 29 heavy (non-hydrogen) atoms. The molecule has 0 radical (unpaired) electrons. The van der Waals surface area contributed by atoms with Gasteiger partial charge in [-0.05, 0) is 38.3 Å². The molecule has 2 heterocycles. The summed E-state index contributed by atoms with van der Waals surface area (Å²) in [5.74, 6) is -3.58. The number of aliphatic carboxylic acids is 2. The molecule has 2 fully saturated rings. The van der Waals surface area contributed by atoms with E-state index in [0.717, 1.165) is 0 Å². The summed E-state index contributed by atoms with van der Waals surface area (Å²) in [6.07, 6.45) is 1.88. The maximum atomic E-state index is 12.2. The van der Waals surface area contributed by atoms with E-state index in [1.54, 1.807) is 9.80 Å². The molecule has 2 saturated heterocycles. The molecule has 11 heteroatoms. The third-order valence-corrected chi connectivity index (χ3v) is 5.12. The van der Waals surface area contributed by atoms with Crippen molar-refractivity contribution in [3.8, 4) is 0 Å². The number of nitrogens with zero attached hydrogens (tertiary/aromatic N) is 3. The first-order valence-electron chi connectivity index (χ1n) is 9.69. The Bertz CT molecular complexity index is 637. The van der Waals surface area contributed by atoms with E-state index in [-0.39, 0.29) is 38.3 Å². The van der Waals surface area contributed by atoms with Gasteiger partial charge in [-0.2, -0.15) is 0 Å². The monoisotopic (exact) mass is 413 g/mol. The number of carbonyl (C=O) groups is 5. The lowest BCUT2D eigenvalue weighted by molar-refractivity contribution is -0.198. The second kappa shape index (κ2) is 10.9. The lowest BCUT2D eigenvalue weighted by atomic mass is 9.95. The number of hydrogen-bond donors (Lipinski definition) is 2. The normalized spacial score (nSPS) is 22.1. The van der Waals surface area contributed by atoms with Crippen LogP contribution in [0.25, 0.3) is 0 Å². The van der Waals surface area contributed by atoms with Crippen molar-refractivity contribution in [3.05, 3.63) is 0 Å². The summed E-state index contributed by atoms with van der Waals surface area (Å²) in [4.78, 5) is 65.8. The lowest BCUT2D eigenvalue weighted by Crippen LogP contribution is -2.41. The van der Waals surface area contributed by atoms with Gasteiger partial charge in [0.15, 0.2) is 0 Å². The van der Waals surface area contributed by atoms with Gasteiger partial charge in [0.2, 0.25) is 0 Å². The van der Waals surface area contributed by atoms with Crippen molar-refractivity contribution in [2.75, 3.05) is 39.3 Å². The summed E-state index contributed by atoms with van der Waals surface area (Å²) in [7, 11) is 0. The van der Waals surface area contributed by atoms with Crippen molar-refractivity contribution in [1.82, 2.24) is 14.9 Å². The van der Waals surface area contributed by atoms with E-state index in [1.807, 2.05) is 0 Å². The Morgan fingerprint density at radius 1 is 0.862 bits per heavy atom. The summed E-state index contributed by atoms with van der Waals surface area (Å²) < 4.78 is 0. The predicted octanol–water partition coefficient (Wildman–Crippen LogP) is -0.443. The van der Waals surface area contributed by atoms with Crippen molar-refractivity contribution < 1.29 is 39.0 Å². The van der Waals surface area contributed by atoms with Crippen molar-refractivity contribution in [1.29, 1.82) is 0 Å². The van der Waals surface area contributed by atoms with E-state index < -0.39 is 29.7 Å². The van der Waals surface area contributed by atoms with Gasteiger partial charge in [-0.1, -0.05) is 0 Å². The number of carboxylic acid groups (broad SMARTS) is 2. The van der Waals surface area contributed by atoms with E-state index in [2.05, 4.69) is 0 Å². The van der Waals surface area contributed by atoms with Gasteiger partial charge in [0.1, 0.15) is 0 Å². The van der Waals surface area contributed by atoms with Gasteiger partial charge in [-0.25, -0.2) is 4.79 Å². The van der Waals surface area contributed by atoms with Crippen LogP contribution in [0.15, 0.2) is 0 Å². The molecule has 2 rings (SSSR count). The minimum atomic E-state index is -0.955. The minimum Gasteiger partial charge on any atom is -0.481 e. The molecule has 0 spiro atoms. The van der Waals surface area contributed by atoms with Crippen molar-refractivity contribution >= 4 is 29.7 Å². The maximum absolute atomic E-state index is 12.2. The van der Waals surface area contributed by atoms with Crippen LogP contribution in [0.4, 0.5) is 0 Å². The van der Waals surface area contributed by atoms with Crippen molar-refractivity contribution in [3.63, 3.8) is 0 Å². The fourth-order valence-corrected chi connectivity index (χ4v) is 3.48. The van der Waals surface area contributed by atoms with E-state index >= 15 is 0 Å². The summed E-state index contributed by atoms with van der Waals surface area (Å²) in [5.41, 5.74) is 0. The second-order valence-electron chi connectivity index (χ2n) is 7.37. The Morgan fingerprint density at radius 3 is 1.93 bits per heavy atom. The summed E-state index contributed by atoms with van der Waals surface area (Å²) >= 11 is 0. The molecular weight excluding hydrogens is 386 g/mol. The van der Waals surface area contributed by atoms with Gasteiger partial charge >= 0.3 is 17.9 Å². The molecular formula is C18H27N3O8. The number of hydroxylamine groups is 2. The molecule has 11 nitrogen and oxygen atoms in total. The Labute approximate surface area is 168 Å². The van der Waals surface area contributed by atoms with E-state index in [4.69, 9.17) is 15.1 Å². The molecule has 0 saturated carbocycles. The molecule has 0 bridgehead atoms. The highest BCUT2D eigenvalue weighted by Gasteiger charge is 2.33. The summed E-state index contributed by atoms with van der Waals surface area (Å²) in [6.45, 7) is 1.58. The van der Waals surface area contributed by atoms with E-state index in [0.29, 0.717) is 50.5 Å². The smallest absolute Gasteiger partial charge is 0.347 e. The summed E-state index contributed by atoms with van der Waals surface area (Å²) in [5, 5.41) is 18.5. The van der Waals surface area contributed by atoms with Gasteiger partial charge in [-0.3, -0.25) is 29.0 Å². The van der Waals surface area contributed by atoms with Crippen molar-refractivity contribution in [2.24, 2.45) is 5.92 Å². The average Bonchev–Trinajstić information content (AvgIpc) is 2.99. The molecule has 2 aliphatic heterocycles. The van der Waals surface area contributed by atoms with Crippen LogP contribution in [-0.2, 0) is 28.8 Å². The molecule has 0 aromatic carbocycles. The zero-order valence-electron chi connectivity index (χ0n) is 16.2. The van der Waals surface area contributed by atoms with E-state index in [1.165, 1.54) is 0 Å². The first kappa shape index (κ1) is 22.8. The maximum Gasteiger partial charge on any atom is 0.347 e. The molecule has 0 aromatic heterocycles. The topological polar surface area (TPSA) is 145 Å².